The topological polar surface area (TPSA) is 119 Å². The SMILES string of the molecule is CC1=C(CCC(=O)NCCCCC(N)C(C)(O)C(C)C)C(=O)OC1=O. The molecule has 0 saturated carbocycles. The fourth-order valence-electron chi connectivity index (χ4n) is 2.55. The first-order chi connectivity index (χ1) is 11.6. The van der Waals surface area contributed by atoms with Crippen molar-refractivity contribution in [3.8, 4) is 0 Å². The summed E-state index contributed by atoms with van der Waals surface area (Å²) in [6, 6.07) is -0.302. The van der Waals surface area contributed by atoms with E-state index in [1.807, 2.05) is 13.8 Å². The van der Waals surface area contributed by atoms with E-state index in [-0.39, 0.29) is 41.9 Å². The van der Waals surface area contributed by atoms with Crippen LogP contribution in [0.2, 0.25) is 0 Å². The van der Waals surface area contributed by atoms with E-state index in [9.17, 15) is 19.5 Å². The van der Waals surface area contributed by atoms with Gasteiger partial charge < -0.3 is 20.9 Å². The minimum absolute atomic E-state index is 0.0779. The molecule has 0 aromatic carbocycles. The van der Waals surface area contributed by atoms with Crippen molar-refractivity contribution in [3.63, 3.8) is 0 Å². The van der Waals surface area contributed by atoms with E-state index in [1.54, 1.807) is 6.92 Å². The van der Waals surface area contributed by atoms with Crippen molar-refractivity contribution in [2.24, 2.45) is 11.7 Å². The lowest BCUT2D eigenvalue weighted by Crippen LogP contribution is -2.49. The molecule has 0 saturated heterocycles. The molecule has 7 heteroatoms. The Morgan fingerprint density at radius 2 is 1.92 bits per heavy atom. The maximum atomic E-state index is 11.8. The molecule has 0 aromatic rings. The van der Waals surface area contributed by atoms with Crippen LogP contribution in [0.5, 0.6) is 0 Å². The smallest absolute Gasteiger partial charge is 0.342 e. The van der Waals surface area contributed by atoms with Gasteiger partial charge in [0, 0.05) is 30.2 Å². The monoisotopic (exact) mass is 354 g/mol. The lowest BCUT2D eigenvalue weighted by atomic mass is 9.83. The standard InChI is InChI=1S/C18H30N2O5/c1-11(2)18(4,24)14(19)7-5-6-10-20-15(21)9-8-13-12(3)16(22)25-17(13)23/h11,14,24H,5-10,19H2,1-4H3,(H,20,21). The number of ether oxygens (including phenoxy) is 1. The highest BCUT2D eigenvalue weighted by atomic mass is 16.6. The van der Waals surface area contributed by atoms with Crippen molar-refractivity contribution < 1.29 is 24.2 Å². The van der Waals surface area contributed by atoms with E-state index < -0.39 is 17.5 Å². The van der Waals surface area contributed by atoms with Gasteiger partial charge in [0.1, 0.15) is 0 Å². The number of hydrogen-bond acceptors (Lipinski definition) is 6. The van der Waals surface area contributed by atoms with Crippen molar-refractivity contribution in [2.75, 3.05) is 6.54 Å². The van der Waals surface area contributed by atoms with Crippen molar-refractivity contribution in [3.05, 3.63) is 11.1 Å². The molecular weight excluding hydrogens is 324 g/mol. The van der Waals surface area contributed by atoms with Gasteiger partial charge in [-0.1, -0.05) is 20.3 Å². The Bertz CT molecular complexity index is 552. The summed E-state index contributed by atoms with van der Waals surface area (Å²) < 4.78 is 4.48. The third kappa shape index (κ3) is 5.93. The molecule has 1 aliphatic heterocycles. The average Bonchev–Trinajstić information content (AvgIpc) is 2.77. The minimum atomic E-state index is -0.901. The second-order valence-electron chi connectivity index (χ2n) is 7.11. The number of nitrogens with two attached hydrogens (primary N) is 1. The number of aliphatic hydroxyl groups is 1. The largest absolute Gasteiger partial charge is 0.388 e. The molecule has 142 valence electrons. The molecule has 1 amide bonds. The highest BCUT2D eigenvalue weighted by Gasteiger charge is 2.32. The summed E-state index contributed by atoms with van der Waals surface area (Å²) in [7, 11) is 0. The molecule has 2 atom stereocenters. The molecule has 4 N–H and O–H groups in total. The summed E-state index contributed by atoms with van der Waals surface area (Å²) in [5.41, 5.74) is 5.70. The molecule has 25 heavy (non-hydrogen) atoms. The van der Waals surface area contributed by atoms with Gasteiger partial charge in [0.25, 0.3) is 0 Å². The minimum Gasteiger partial charge on any atom is -0.388 e. The van der Waals surface area contributed by atoms with Crippen LogP contribution in [-0.4, -0.2) is 41.1 Å². The van der Waals surface area contributed by atoms with E-state index >= 15 is 0 Å². The Balaban J connectivity index is 2.22. The van der Waals surface area contributed by atoms with E-state index in [2.05, 4.69) is 10.1 Å². The molecule has 0 fully saturated rings. The number of carbonyl (C=O) groups excluding carboxylic acids is 3. The average molecular weight is 354 g/mol. The van der Waals surface area contributed by atoms with E-state index in [0.29, 0.717) is 13.0 Å². The molecule has 1 rings (SSSR count). The quantitative estimate of drug-likeness (QED) is 0.308. The van der Waals surface area contributed by atoms with Crippen LogP contribution in [0.4, 0.5) is 0 Å². The molecule has 7 nitrogen and oxygen atoms in total. The molecule has 1 heterocycles. The Labute approximate surface area is 149 Å². The van der Waals surface area contributed by atoms with Gasteiger partial charge in [-0.15, -0.1) is 0 Å². The van der Waals surface area contributed by atoms with E-state index in [1.165, 1.54) is 6.92 Å². The van der Waals surface area contributed by atoms with Crippen molar-refractivity contribution in [2.45, 2.75) is 71.4 Å². The van der Waals surface area contributed by atoms with Crippen LogP contribution in [0.25, 0.3) is 0 Å². The number of nitrogens with one attached hydrogen (secondary N) is 1. The van der Waals surface area contributed by atoms with Crippen LogP contribution >= 0.6 is 0 Å². The first-order valence-electron chi connectivity index (χ1n) is 8.78. The summed E-state index contributed by atoms with van der Waals surface area (Å²) in [4.78, 5) is 34.5. The molecular formula is C18H30N2O5. The van der Waals surface area contributed by atoms with Crippen molar-refractivity contribution in [1.29, 1.82) is 0 Å². The fourth-order valence-corrected chi connectivity index (χ4v) is 2.55. The number of rotatable bonds is 10. The molecule has 0 bridgehead atoms. The molecule has 0 aliphatic carbocycles. The van der Waals surface area contributed by atoms with Crippen LogP contribution < -0.4 is 11.1 Å². The van der Waals surface area contributed by atoms with Gasteiger partial charge in [-0.2, -0.15) is 0 Å². The highest BCUT2D eigenvalue weighted by Crippen LogP contribution is 2.22. The number of unbranched alkanes of at least 4 members (excludes halogenated alkanes) is 1. The zero-order valence-corrected chi connectivity index (χ0v) is 15.6. The Morgan fingerprint density at radius 3 is 2.44 bits per heavy atom. The summed E-state index contributed by atoms with van der Waals surface area (Å²) in [5.74, 6) is -1.38. The zero-order valence-electron chi connectivity index (χ0n) is 15.6. The summed E-state index contributed by atoms with van der Waals surface area (Å²) in [6.45, 7) is 7.65. The maximum Gasteiger partial charge on any atom is 0.342 e. The van der Waals surface area contributed by atoms with Gasteiger partial charge in [-0.3, -0.25) is 4.79 Å². The Morgan fingerprint density at radius 1 is 1.28 bits per heavy atom. The summed E-state index contributed by atoms with van der Waals surface area (Å²) in [6.07, 6.45) is 2.58. The number of cyclic esters (lactones) is 2. The summed E-state index contributed by atoms with van der Waals surface area (Å²) in [5, 5.41) is 13.1. The lowest BCUT2D eigenvalue weighted by Gasteiger charge is -2.34. The molecule has 0 spiro atoms. The number of hydrogen-bond donors (Lipinski definition) is 3. The summed E-state index contributed by atoms with van der Waals surface area (Å²) >= 11 is 0. The Kier molecular flexibility index (Phi) is 7.76. The number of amides is 1. The van der Waals surface area contributed by atoms with Gasteiger partial charge >= 0.3 is 11.9 Å². The van der Waals surface area contributed by atoms with Crippen LogP contribution in [0.1, 0.15) is 59.8 Å². The van der Waals surface area contributed by atoms with Gasteiger partial charge in [-0.05, 0) is 39.0 Å². The zero-order chi connectivity index (χ0) is 19.2. The molecule has 1 aliphatic rings. The third-order valence-electron chi connectivity index (χ3n) is 4.98. The predicted molar refractivity (Wildman–Crippen MR) is 93.3 cm³/mol. The van der Waals surface area contributed by atoms with Gasteiger partial charge in [0.05, 0.1) is 5.60 Å². The first-order valence-corrected chi connectivity index (χ1v) is 8.78. The van der Waals surface area contributed by atoms with E-state index in [0.717, 1.165) is 12.8 Å². The normalized spacial score (nSPS) is 18.4. The van der Waals surface area contributed by atoms with Gasteiger partial charge in [-0.25, -0.2) is 9.59 Å². The molecule has 0 aromatic heterocycles. The van der Waals surface area contributed by atoms with Crippen LogP contribution in [0.15, 0.2) is 11.1 Å². The van der Waals surface area contributed by atoms with Crippen LogP contribution in [0.3, 0.4) is 0 Å². The molecule has 0 radical (unpaired) electrons. The van der Waals surface area contributed by atoms with Crippen LogP contribution in [0, 0.1) is 5.92 Å². The van der Waals surface area contributed by atoms with Crippen molar-refractivity contribution >= 4 is 17.8 Å². The predicted octanol–water partition coefficient (Wildman–Crippen LogP) is 1.19. The third-order valence-corrected chi connectivity index (χ3v) is 4.98. The van der Waals surface area contributed by atoms with Crippen molar-refractivity contribution in [1.82, 2.24) is 5.32 Å². The molecule has 2 unspecified atom stereocenters. The number of esters is 2. The number of carbonyl (C=O) groups is 3. The fraction of sp³-hybridized carbons (Fsp3) is 0.722. The highest BCUT2D eigenvalue weighted by molar-refractivity contribution is 6.12. The maximum absolute atomic E-state index is 11.8. The second-order valence-corrected chi connectivity index (χ2v) is 7.11. The second kappa shape index (κ2) is 9.10. The van der Waals surface area contributed by atoms with E-state index in [4.69, 9.17) is 5.73 Å². The first kappa shape index (κ1) is 21.3. The van der Waals surface area contributed by atoms with Gasteiger partial charge in [0.2, 0.25) is 5.91 Å². The van der Waals surface area contributed by atoms with Crippen LogP contribution in [-0.2, 0) is 19.1 Å². The lowest BCUT2D eigenvalue weighted by molar-refractivity contribution is -0.151. The Hall–Kier alpha value is -1.73. The van der Waals surface area contributed by atoms with Gasteiger partial charge in [0.15, 0.2) is 0 Å².